The summed E-state index contributed by atoms with van der Waals surface area (Å²) in [5.41, 5.74) is 4.12. The van der Waals surface area contributed by atoms with Crippen LogP contribution < -0.4 is 5.43 Å². The van der Waals surface area contributed by atoms with Gasteiger partial charge in [-0.1, -0.05) is 6.08 Å². The van der Waals surface area contributed by atoms with E-state index in [1.54, 1.807) is 0 Å². The molecule has 0 amide bonds. The molecular formula is C10H14N4. The molecule has 0 saturated carbocycles. The fourth-order valence-electron chi connectivity index (χ4n) is 1.58. The van der Waals surface area contributed by atoms with Crippen molar-refractivity contribution in [3.8, 4) is 0 Å². The van der Waals surface area contributed by atoms with Gasteiger partial charge < -0.3 is 5.43 Å². The van der Waals surface area contributed by atoms with E-state index < -0.39 is 0 Å². The van der Waals surface area contributed by atoms with Crippen molar-refractivity contribution in [2.75, 3.05) is 12.5 Å². The fraction of sp³-hybridized carbons (Fsp3) is 0.400. The maximum atomic E-state index is 4.48. The number of aromatic nitrogens is 2. The second-order valence-corrected chi connectivity index (χ2v) is 3.33. The lowest BCUT2D eigenvalue weighted by atomic mass is 10.0. The molecule has 0 spiro atoms. The summed E-state index contributed by atoms with van der Waals surface area (Å²) in [5, 5.41) is 0. The highest BCUT2D eigenvalue weighted by Gasteiger charge is 2.13. The van der Waals surface area contributed by atoms with E-state index in [-0.39, 0.29) is 0 Å². The van der Waals surface area contributed by atoms with Crippen LogP contribution in [0.2, 0.25) is 0 Å². The molecule has 0 aliphatic carbocycles. The van der Waals surface area contributed by atoms with E-state index in [9.17, 15) is 0 Å². The van der Waals surface area contributed by atoms with Crippen LogP contribution in [0.15, 0.2) is 23.5 Å². The van der Waals surface area contributed by atoms with E-state index in [0.717, 1.165) is 17.9 Å². The molecule has 0 fully saturated rings. The quantitative estimate of drug-likeness (QED) is 0.766. The molecular weight excluding hydrogens is 176 g/mol. The van der Waals surface area contributed by atoms with E-state index in [1.807, 2.05) is 37.3 Å². The second-order valence-electron chi connectivity index (χ2n) is 3.33. The molecule has 0 aromatic carbocycles. The number of hydrogen-bond donors (Lipinski definition) is 1. The highest BCUT2D eigenvalue weighted by molar-refractivity contribution is 5.68. The van der Waals surface area contributed by atoms with Crippen LogP contribution in [0.25, 0.3) is 0 Å². The van der Waals surface area contributed by atoms with Crippen molar-refractivity contribution < 1.29 is 0 Å². The smallest absolute Gasteiger partial charge is 0.124 e. The molecule has 74 valence electrons. The summed E-state index contributed by atoms with van der Waals surface area (Å²) in [6, 6.07) is 0. The van der Waals surface area contributed by atoms with Crippen molar-refractivity contribution >= 4 is 6.21 Å². The van der Waals surface area contributed by atoms with Gasteiger partial charge in [0.1, 0.15) is 5.82 Å². The van der Waals surface area contributed by atoms with E-state index in [4.69, 9.17) is 0 Å². The predicted octanol–water partition coefficient (Wildman–Crippen LogP) is 1.44. The standard InChI is InChI=1S/C10H14N4/c1-8-13-10(7-14(8)11-2)9-4-3-5-12-6-9/h3,5-7,9,11H,4H2,1-2H3. The zero-order valence-electron chi connectivity index (χ0n) is 8.44. The number of hydrogen-bond acceptors (Lipinski definition) is 3. The molecule has 1 aromatic rings. The fourth-order valence-corrected chi connectivity index (χ4v) is 1.58. The Hall–Kier alpha value is -1.58. The molecule has 1 unspecified atom stereocenters. The third-order valence-electron chi connectivity index (χ3n) is 2.37. The average Bonchev–Trinajstić information content (AvgIpc) is 2.61. The number of aryl methyl sites for hydroxylation is 1. The average molecular weight is 190 g/mol. The number of nitrogens with one attached hydrogen (secondary N) is 1. The summed E-state index contributed by atoms with van der Waals surface area (Å²) in [4.78, 5) is 8.60. The van der Waals surface area contributed by atoms with E-state index in [2.05, 4.69) is 21.5 Å². The van der Waals surface area contributed by atoms with Crippen molar-refractivity contribution in [3.05, 3.63) is 30.0 Å². The van der Waals surface area contributed by atoms with Crippen LogP contribution >= 0.6 is 0 Å². The van der Waals surface area contributed by atoms with Gasteiger partial charge in [-0.25, -0.2) is 4.98 Å². The van der Waals surface area contributed by atoms with E-state index in [1.165, 1.54) is 0 Å². The monoisotopic (exact) mass is 190 g/mol. The Morgan fingerprint density at radius 3 is 3.00 bits per heavy atom. The Bertz CT molecular complexity index is 375. The van der Waals surface area contributed by atoms with Gasteiger partial charge in [0.05, 0.1) is 11.9 Å². The second kappa shape index (κ2) is 3.65. The summed E-state index contributed by atoms with van der Waals surface area (Å²) in [5.74, 6) is 1.30. The molecule has 14 heavy (non-hydrogen) atoms. The molecule has 1 atom stereocenters. The zero-order valence-corrected chi connectivity index (χ0v) is 8.44. The number of rotatable bonds is 2. The van der Waals surface area contributed by atoms with Gasteiger partial charge in [0.25, 0.3) is 0 Å². The van der Waals surface area contributed by atoms with Crippen LogP contribution in [0, 0.1) is 6.92 Å². The van der Waals surface area contributed by atoms with Crippen molar-refractivity contribution in [2.45, 2.75) is 19.3 Å². The van der Waals surface area contributed by atoms with Crippen LogP contribution in [0.1, 0.15) is 23.9 Å². The summed E-state index contributed by atoms with van der Waals surface area (Å²) in [6.07, 6.45) is 8.85. The maximum absolute atomic E-state index is 4.48. The summed E-state index contributed by atoms with van der Waals surface area (Å²) >= 11 is 0. The van der Waals surface area contributed by atoms with Crippen molar-refractivity contribution in [3.63, 3.8) is 0 Å². The predicted molar refractivity (Wildman–Crippen MR) is 57.2 cm³/mol. The normalized spacial score (nSPS) is 20.0. The summed E-state index contributed by atoms with van der Waals surface area (Å²) in [7, 11) is 1.88. The molecule has 0 bridgehead atoms. The summed E-state index contributed by atoms with van der Waals surface area (Å²) < 4.78 is 1.92. The first-order valence-electron chi connectivity index (χ1n) is 4.73. The number of aliphatic imine (C=N–C) groups is 1. The largest absolute Gasteiger partial charge is 0.328 e. The molecule has 1 aliphatic rings. The number of allylic oxidation sites excluding steroid dienone is 1. The first kappa shape index (κ1) is 8.99. The molecule has 2 heterocycles. The highest BCUT2D eigenvalue weighted by atomic mass is 15.4. The van der Waals surface area contributed by atoms with E-state index >= 15 is 0 Å². The lowest BCUT2D eigenvalue weighted by Gasteiger charge is -2.07. The van der Waals surface area contributed by atoms with Gasteiger partial charge in [-0.15, -0.1) is 0 Å². The molecule has 0 radical (unpaired) electrons. The molecule has 4 nitrogen and oxygen atoms in total. The van der Waals surface area contributed by atoms with Crippen LogP contribution in [-0.2, 0) is 0 Å². The van der Waals surface area contributed by atoms with Gasteiger partial charge in [-0.2, -0.15) is 0 Å². The van der Waals surface area contributed by atoms with Gasteiger partial charge in [0.15, 0.2) is 0 Å². The van der Waals surface area contributed by atoms with Crippen LogP contribution in [0.3, 0.4) is 0 Å². The SMILES string of the molecule is CNn1cc(C2C=NC=CC2)nc1C. The topological polar surface area (TPSA) is 42.2 Å². The Balaban J connectivity index is 2.24. The van der Waals surface area contributed by atoms with Crippen molar-refractivity contribution in [1.82, 2.24) is 9.66 Å². The Morgan fingerprint density at radius 1 is 1.57 bits per heavy atom. The first-order valence-corrected chi connectivity index (χ1v) is 4.73. The minimum absolute atomic E-state index is 0.327. The molecule has 0 saturated heterocycles. The Kier molecular flexibility index (Phi) is 2.35. The maximum Gasteiger partial charge on any atom is 0.124 e. The minimum atomic E-state index is 0.327. The van der Waals surface area contributed by atoms with Crippen molar-refractivity contribution in [1.29, 1.82) is 0 Å². The third kappa shape index (κ3) is 1.55. The van der Waals surface area contributed by atoms with Gasteiger partial charge >= 0.3 is 0 Å². The van der Waals surface area contributed by atoms with Crippen molar-refractivity contribution in [2.24, 2.45) is 4.99 Å². The molecule has 1 aromatic heterocycles. The van der Waals surface area contributed by atoms with Crippen LogP contribution in [-0.4, -0.2) is 22.9 Å². The van der Waals surface area contributed by atoms with Gasteiger partial charge in [0, 0.05) is 25.4 Å². The minimum Gasteiger partial charge on any atom is -0.328 e. The molecule has 1 N–H and O–H groups in total. The summed E-state index contributed by atoms with van der Waals surface area (Å²) in [6.45, 7) is 1.98. The van der Waals surface area contributed by atoms with Gasteiger partial charge in [-0.3, -0.25) is 9.67 Å². The van der Waals surface area contributed by atoms with Crippen LogP contribution in [0.5, 0.6) is 0 Å². The lowest BCUT2D eigenvalue weighted by molar-refractivity contribution is 0.869. The zero-order chi connectivity index (χ0) is 9.97. The molecule has 4 heteroatoms. The number of imidazole rings is 1. The number of nitrogens with zero attached hydrogens (tertiary/aromatic N) is 3. The Labute approximate surface area is 83.3 Å². The lowest BCUT2D eigenvalue weighted by Crippen LogP contribution is -2.08. The van der Waals surface area contributed by atoms with Gasteiger partial charge in [-0.05, 0) is 13.3 Å². The molecule has 2 rings (SSSR count). The first-order chi connectivity index (χ1) is 6.81. The van der Waals surface area contributed by atoms with E-state index in [0.29, 0.717) is 5.92 Å². The highest BCUT2D eigenvalue weighted by Crippen LogP contribution is 2.19. The molecule has 1 aliphatic heterocycles. The van der Waals surface area contributed by atoms with Crippen LogP contribution in [0.4, 0.5) is 0 Å². The third-order valence-corrected chi connectivity index (χ3v) is 2.37. The van der Waals surface area contributed by atoms with Gasteiger partial charge in [0.2, 0.25) is 0 Å². The Morgan fingerprint density at radius 2 is 2.43 bits per heavy atom.